The van der Waals surface area contributed by atoms with Crippen LogP contribution in [0.2, 0.25) is 0 Å². The molecule has 3 heteroatoms. The molecule has 1 fully saturated rings. The quantitative estimate of drug-likeness (QED) is 0.777. The largest absolute Gasteiger partial charge is 0.488 e. The van der Waals surface area contributed by atoms with Crippen LogP contribution in [0.1, 0.15) is 11.1 Å². The topological polar surface area (TPSA) is 24.5 Å². The summed E-state index contributed by atoms with van der Waals surface area (Å²) >= 11 is 0. The lowest BCUT2D eigenvalue weighted by molar-refractivity contribution is 0.0388. The minimum Gasteiger partial charge on any atom is -0.488 e. The number of ether oxygens (including phenoxy) is 1. The predicted molar refractivity (Wildman–Crippen MR) is 58.9 cm³/mol. The van der Waals surface area contributed by atoms with E-state index in [1.165, 1.54) is 11.1 Å². The SMILES string of the molecule is CN1CC(Oc2ccc3c(c2)CNC3)C1. The van der Waals surface area contributed by atoms with E-state index in [9.17, 15) is 0 Å². The summed E-state index contributed by atoms with van der Waals surface area (Å²) in [6.07, 6.45) is 0.391. The van der Waals surface area contributed by atoms with E-state index in [0.29, 0.717) is 6.10 Å². The molecule has 15 heavy (non-hydrogen) atoms. The summed E-state index contributed by atoms with van der Waals surface area (Å²) in [4.78, 5) is 2.26. The van der Waals surface area contributed by atoms with Gasteiger partial charge in [-0.2, -0.15) is 0 Å². The first-order valence-electron chi connectivity index (χ1n) is 5.49. The van der Waals surface area contributed by atoms with Crippen molar-refractivity contribution in [2.45, 2.75) is 19.2 Å². The Balaban J connectivity index is 1.70. The normalized spacial score (nSPS) is 21.1. The number of nitrogens with zero attached hydrogens (tertiary/aromatic N) is 1. The molecule has 0 aromatic heterocycles. The first kappa shape index (κ1) is 9.19. The minimum atomic E-state index is 0.391. The van der Waals surface area contributed by atoms with Gasteiger partial charge in [0.05, 0.1) is 0 Å². The molecule has 0 bridgehead atoms. The highest BCUT2D eigenvalue weighted by atomic mass is 16.5. The molecule has 0 unspecified atom stereocenters. The molecule has 0 radical (unpaired) electrons. The molecule has 1 aromatic rings. The van der Waals surface area contributed by atoms with Gasteiger partial charge in [0.1, 0.15) is 11.9 Å². The summed E-state index contributed by atoms with van der Waals surface area (Å²) < 4.78 is 5.88. The van der Waals surface area contributed by atoms with Crippen LogP contribution in [0.15, 0.2) is 18.2 Å². The van der Waals surface area contributed by atoms with Crippen molar-refractivity contribution in [1.29, 1.82) is 0 Å². The standard InChI is InChI=1S/C12H16N2O/c1-14-7-12(8-14)15-11-3-2-9-5-13-6-10(9)4-11/h2-4,12-13H,5-8H2,1H3. The van der Waals surface area contributed by atoms with Crippen molar-refractivity contribution in [2.75, 3.05) is 20.1 Å². The number of rotatable bonds is 2. The van der Waals surface area contributed by atoms with Crippen molar-refractivity contribution in [2.24, 2.45) is 0 Å². The molecule has 0 aliphatic carbocycles. The number of fused-ring (bicyclic) bond motifs is 1. The molecule has 0 amide bonds. The summed E-state index contributed by atoms with van der Waals surface area (Å²) in [5.41, 5.74) is 2.80. The molecule has 3 nitrogen and oxygen atoms in total. The van der Waals surface area contributed by atoms with E-state index in [2.05, 4.69) is 35.5 Å². The van der Waals surface area contributed by atoms with E-state index >= 15 is 0 Å². The lowest BCUT2D eigenvalue weighted by Gasteiger charge is -2.36. The first-order valence-corrected chi connectivity index (χ1v) is 5.49. The molecule has 1 aromatic carbocycles. The van der Waals surface area contributed by atoms with Crippen LogP contribution in [0.5, 0.6) is 5.75 Å². The lowest BCUT2D eigenvalue weighted by atomic mass is 10.1. The number of hydrogen-bond donors (Lipinski definition) is 1. The maximum Gasteiger partial charge on any atom is 0.124 e. The zero-order chi connectivity index (χ0) is 10.3. The molecule has 0 saturated carbocycles. The Bertz CT molecular complexity index is 372. The molecule has 2 aliphatic rings. The highest BCUT2D eigenvalue weighted by Crippen LogP contribution is 2.23. The third-order valence-electron chi connectivity index (χ3n) is 3.14. The Kier molecular flexibility index (Phi) is 2.15. The summed E-state index contributed by atoms with van der Waals surface area (Å²) in [6, 6.07) is 6.44. The maximum atomic E-state index is 5.88. The Labute approximate surface area is 90.0 Å². The fraction of sp³-hybridized carbons (Fsp3) is 0.500. The Morgan fingerprint density at radius 2 is 2.07 bits per heavy atom. The van der Waals surface area contributed by atoms with Crippen molar-refractivity contribution >= 4 is 0 Å². The van der Waals surface area contributed by atoms with Gasteiger partial charge in [-0.1, -0.05) is 6.07 Å². The van der Waals surface area contributed by atoms with E-state index in [1.807, 2.05) is 0 Å². The predicted octanol–water partition coefficient (Wildman–Crippen LogP) is 0.983. The molecular formula is C12H16N2O. The van der Waals surface area contributed by atoms with Crippen LogP contribution in [0.4, 0.5) is 0 Å². The van der Waals surface area contributed by atoms with Gasteiger partial charge in [0.25, 0.3) is 0 Å². The van der Waals surface area contributed by atoms with Crippen LogP contribution in [0.25, 0.3) is 0 Å². The van der Waals surface area contributed by atoms with Gasteiger partial charge in [0, 0.05) is 26.2 Å². The molecule has 0 spiro atoms. The number of likely N-dealkylation sites (tertiary alicyclic amines) is 1. The molecule has 2 heterocycles. The second kappa shape index (κ2) is 3.51. The van der Waals surface area contributed by atoms with Crippen LogP contribution in [0.3, 0.4) is 0 Å². The Morgan fingerprint density at radius 3 is 2.87 bits per heavy atom. The highest BCUT2D eigenvalue weighted by Gasteiger charge is 2.25. The third-order valence-corrected chi connectivity index (χ3v) is 3.14. The average Bonchev–Trinajstić information content (AvgIpc) is 2.62. The second-order valence-electron chi connectivity index (χ2n) is 4.50. The van der Waals surface area contributed by atoms with Crippen LogP contribution in [0, 0.1) is 0 Å². The van der Waals surface area contributed by atoms with Gasteiger partial charge in [-0.25, -0.2) is 0 Å². The van der Waals surface area contributed by atoms with Gasteiger partial charge >= 0.3 is 0 Å². The molecule has 1 N–H and O–H groups in total. The number of hydrogen-bond acceptors (Lipinski definition) is 3. The molecule has 80 valence electrons. The van der Waals surface area contributed by atoms with Gasteiger partial charge in [-0.05, 0) is 30.3 Å². The lowest BCUT2D eigenvalue weighted by Crippen LogP contribution is -2.51. The summed E-state index contributed by atoms with van der Waals surface area (Å²) in [5, 5.41) is 3.34. The average molecular weight is 204 g/mol. The molecular weight excluding hydrogens is 188 g/mol. The van der Waals surface area contributed by atoms with E-state index in [4.69, 9.17) is 4.74 Å². The van der Waals surface area contributed by atoms with E-state index in [0.717, 1.165) is 31.9 Å². The number of nitrogens with one attached hydrogen (secondary N) is 1. The Morgan fingerprint density at radius 1 is 1.27 bits per heavy atom. The second-order valence-corrected chi connectivity index (χ2v) is 4.50. The van der Waals surface area contributed by atoms with Gasteiger partial charge < -0.3 is 10.1 Å². The van der Waals surface area contributed by atoms with Crippen LogP contribution in [-0.4, -0.2) is 31.1 Å². The van der Waals surface area contributed by atoms with Crippen molar-refractivity contribution < 1.29 is 4.74 Å². The highest BCUT2D eigenvalue weighted by molar-refractivity contribution is 5.37. The zero-order valence-corrected chi connectivity index (χ0v) is 8.99. The number of likely N-dealkylation sites (N-methyl/N-ethyl adjacent to an activating group) is 1. The van der Waals surface area contributed by atoms with Crippen LogP contribution >= 0.6 is 0 Å². The van der Waals surface area contributed by atoms with E-state index < -0.39 is 0 Å². The Hall–Kier alpha value is -1.06. The van der Waals surface area contributed by atoms with Gasteiger partial charge in [0.15, 0.2) is 0 Å². The van der Waals surface area contributed by atoms with Crippen molar-refractivity contribution in [3.8, 4) is 5.75 Å². The molecule has 0 atom stereocenters. The molecule has 1 saturated heterocycles. The summed E-state index contributed by atoms with van der Waals surface area (Å²) in [7, 11) is 2.12. The monoisotopic (exact) mass is 204 g/mol. The van der Waals surface area contributed by atoms with Gasteiger partial charge in [-0.3, -0.25) is 4.90 Å². The minimum absolute atomic E-state index is 0.391. The van der Waals surface area contributed by atoms with Crippen molar-refractivity contribution in [3.63, 3.8) is 0 Å². The van der Waals surface area contributed by atoms with Gasteiger partial charge in [0.2, 0.25) is 0 Å². The number of benzene rings is 1. The fourth-order valence-electron chi connectivity index (χ4n) is 2.25. The van der Waals surface area contributed by atoms with Crippen molar-refractivity contribution in [3.05, 3.63) is 29.3 Å². The first-order chi connectivity index (χ1) is 7.31. The van der Waals surface area contributed by atoms with Crippen LogP contribution in [-0.2, 0) is 13.1 Å². The fourth-order valence-corrected chi connectivity index (χ4v) is 2.25. The molecule has 3 rings (SSSR count). The zero-order valence-electron chi connectivity index (χ0n) is 8.99. The summed E-state index contributed by atoms with van der Waals surface area (Å²) in [5.74, 6) is 1.02. The summed E-state index contributed by atoms with van der Waals surface area (Å²) in [6.45, 7) is 4.09. The third kappa shape index (κ3) is 1.73. The smallest absolute Gasteiger partial charge is 0.124 e. The van der Waals surface area contributed by atoms with Crippen LogP contribution < -0.4 is 10.1 Å². The van der Waals surface area contributed by atoms with Gasteiger partial charge in [-0.15, -0.1) is 0 Å². The van der Waals surface area contributed by atoms with E-state index in [1.54, 1.807) is 0 Å². The van der Waals surface area contributed by atoms with Crippen molar-refractivity contribution in [1.82, 2.24) is 10.2 Å². The van der Waals surface area contributed by atoms with E-state index in [-0.39, 0.29) is 0 Å². The molecule has 2 aliphatic heterocycles. The maximum absolute atomic E-state index is 5.88.